The summed E-state index contributed by atoms with van der Waals surface area (Å²) >= 11 is 0. The van der Waals surface area contributed by atoms with Gasteiger partial charge < -0.3 is 5.73 Å². The van der Waals surface area contributed by atoms with E-state index in [4.69, 9.17) is 5.73 Å². The molecule has 0 bridgehead atoms. The van der Waals surface area contributed by atoms with Gasteiger partial charge in [0.05, 0.1) is 0 Å². The second kappa shape index (κ2) is 10.3. The zero-order chi connectivity index (χ0) is 12.3. The smallest absolute Gasteiger partial charge is 0.0241 e. The van der Waals surface area contributed by atoms with Crippen LogP contribution in [0.5, 0.6) is 0 Å². The van der Waals surface area contributed by atoms with Crippen LogP contribution in [0, 0.1) is 0 Å². The van der Waals surface area contributed by atoms with Crippen LogP contribution in [0.25, 0.3) is 0 Å². The van der Waals surface area contributed by atoms with E-state index in [1.165, 1.54) is 0 Å². The van der Waals surface area contributed by atoms with Gasteiger partial charge in [-0.3, -0.25) is 0 Å². The molecular weight excluding hydrogens is 182 g/mol. The van der Waals surface area contributed by atoms with Crippen molar-refractivity contribution in [3.63, 3.8) is 0 Å². The van der Waals surface area contributed by atoms with Crippen molar-refractivity contribution in [2.24, 2.45) is 5.73 Å². The Hall–Kier alpha value is -1.76. The van der Waals surface area contributed by atoms with E-state index in [9.17, 15) is 0 Å². The van der Waals surface area contributed by atoms with Crippen molar-refractivity contribution < 1.29 is 1.43 Å². The maximum atomic E-state index is 5.35. The Morgan fingerprint density at radius 3 is 1.87 bits per heavy atom. The Bertz CT molecular complexity index is 296. The molecule has 1 heteroatoms. The Balaban J connectivity index is -0.000000529. The monoisotopic (exact) mass is 205 g/mol. The van der Waals surface area contributed by atoms with Crippen molar-refractivity contribution in [1.29, 1.82) is 0 Å². The molecule has 84 valence electrons. The van der Waals surface area contributed by atoms with E-state index in [1.54, 1.807) is 24.3 Å². The van der Waals surface area contributed by atoms with E-state index in [2.05, 4.69) is 26.3 Å². The van der Waals surface area contributed by atoms with Gasteiger partial charge in [-0.05, 0) is 17.2 Å². The van der Waals surface area contributed by atoms with Crippen LogP contribution in [-0.4, -0.2) is 0 Å². The van der Waals surface area contributed by atoms with E-state index >= 15 is 0 Å². The van der Waals surface area contributed by atoms with Gasteiger partial charge >= 0.3 is 0 Å². The number of hydrogen-bond acceptors (Lipinski definition) is 1. The van der Waals surface area contributed by atoms with E-state index in [-0.39, 0.29) is 1.43 Å². The molecule has 0 aliphatic rings. The summed E-state index contributed by atoms with van der Waals surface area (Å²) in [5, 5.41) is 0. The van der Waals surface area contributed by atoms with Crippen LogP contribution >= 0.6 is 0 Å². The molecule has 15 heavy (non-hydrogen) atoms. The Kier molecular flexibility index (Phi) is 10.8. The maximum absolute atomic E-state index is 5.35. The molecule has 0 radical (unpaired) electrons. The van der Waals surface area contributed by atoms with Crippen molar-refractivity contribution >= 4 is 0 Å². The molecule has 0 aromatic heterocycles. The SMILES string of the molecule is C=C/C=C\C(=C)C(=C)/C=C\C(=C)N.CC.[HH]. The normalized spacial score (nSPS) is 9.47. The number of nitrogens with two attached hydrogens (primary N) is 1. The average Bonchev–Trinajstić information content (AvgIpc) is 2.25. The first-order valence-corrected chi connectivity index (χ1v) is 4.87. The predicted molar refractivity (Wildman–Crippen MR) is 73.5 cm³/mol. The fourth-order valence-electron chi connectivity index (χ4n) is 0.606. The summed E-state index contributed by atoms with van der Waals surface area (Å²) in [6, 6.07) is 0. The van der Waals surface area contributed by atoms with Crippen molar-refractivity contribution in [1.82, 2.24) is 0 Å². The van der Waals surface area contributed by atoms with Gasteiger partial charge in [-0.1, -0.05) is 64.5 Å². The summed E-state index contributed by atoms with van der Waals surface area (Å²) in [6.45, 7) is 18.7. The molecule has 0 aliphatic heterocycles. The zero-order valence-electron chi connectivity index (χ0n) is 9.79. The van der Waals surface area contributed by atoms with Crippen LogP contribution in [0.3, 0.4) is 0 Å². The lowest BCUT2D eigenvalue weighted by atomic mass is 10.1. The van der Waals surface area contributed by atoms with E-state index < -0.39 is 0 Å². The average molecular weight is 205 g/mol. The fraction of sp³-hybridized carbons (Fsp3) is 0.143. The minimum absolute atomic E-state index is 0. The molecule has 0 amide bonds. The van der Waals surface area contributed by atoms with Gasteiger partial charge in [-0.15, -0.1) is 0 Å². The predicted octanol–water partition coefficient (Wildman–Crippen LogP) is 4.14. The fourth-order valence-corrected chi connectivity index (χ4v) is 0.606. The quantitative estimate of drug-likeness (QED) is 0.671. The van der Waals surface area contributed by atoms with Gasteiger partial charge in [-0.2, -0.15) is 0 Å². The van der Waals surface area contributed by atoms with Gasteiger partial charge in [0, 0.05) is 7.12 Å². The van der Waals surface area contributed by atoms with Crippen molar-refractivity contribution in [3.8, 4) is 0 Å². The van der Waals surface area contributed by atoms with Crippen molar-refractivity contribution in [2.75, 3.05) is 0 Å². The van der Waals surface area contributed by atoms with Gasteiger partial charge in [-0.25, -0.2) is 0 Å². The van der Waals surface area contributed by atoms with Crippen LogP contribution in [0.15, 0.2) is 73.5 Å². The zero-order valence-corrected chi connectivity index (χ0v) is 9.79. The Morgan fingerprint density at radius 1 is 1.00 bits per heavy atom. The molecule has 0 atom stereocenters. The topological polar surface area (TPSA) is 26.0 Å². The standard InChI is InChI=1S/C12H15N.C2H6.H2/c1-5-6-7-10(2)11(3)8-9-12(4)13;1-2;/h5-9H,1-4,13H2;1-2H3;1H/b7-6-,9-8-;;. The van der Waals surface area contributed by atoms with E-state index in [0.29, 0.717) is 5.70 Å². The lowest BCUT2D eigenvalue weighted by molar-refractivity contribution is 1.44. The van der Waals surface area contributed by atoms with Crippen LogP contribution in [0.2, 0.25) is 0 Å². The molecule has 0 rings (SSSR count). The minimum atomic E-state index is 0. The molecule has 0 saturated heterocycles. The third-order valence-corrected chi connectivity index (χ3v) is 1.34. The second-order valence-corrected chi connectivity index (χ2v) is 2.55. The highest BCUT2D eigenvalue weighted by atomic mass is 14.5. The molecule has 0 saturated carbocycles. The van der Waals surface area contributed by atoms with Gasteiger partial charge in [0.1, 0.15) is 0 Å². The third kappa shape index (κ3) is 10.2. The summed E-state index contributed by atoms with van der Waals surface area (Å²) in [6.07, 6.45) is 8.79. The van der Waals surface area contributed by atoms with Gasteiger partial charge in [0.25, 0.3) is 0 Å². The number of hydrogen-bond donors (Lipinski definition) is 1. The molecule has 0 spiro atoms. The lowest BCUT2D eigenvalue weighted by Gasteiger charge is -1.97. The Labute approximate surface area is 95.2 Å². The first kappa shape index (κ1) is 15.7. The second-order valence-electron chi connectivity index (χ2n) is 2.55. The minimum Gasteiger partial charge on any atom is -0.399 e. The molecule has 0 aromatic rings. The van der Waals surface area contributed by atoms with Crippen molar-refractivity contribution in [3.05, 3.63) is 73.5 Å². The van der Waals surface area contributed by atoms with Crippen LogP contribution in [0.1, 0.15) is 15.3 Å². The summed E-state index contributed by atoms with van der Waals surface area (Å²) in [7, 11) is 0. The molecule has 2 N–H and O–H groups in total. The molecule has 0 heterocycles. The third-order valence-electron chi connectivity index (χ3n) is 1.34. The molecular formula is C14H23N. The van der Waals surface area contributed by atoms with Gasteiger partial charge in [0.15, 0.2) is 0 Å². The van der Waals surface area contributed by atoms with Crippen molar-refractivity contribution in [2.45, 2.75) is 13.8 Å². The molecule has 0 fully saturated rings. The largest absolute Gasteiger partial charge is 0.399 e. The summed E-state index contributed by atoms with van der Waals surface area (Å²) in [5.41, 5.74) is 7.50. The Morgan fingerprint density at radius 2 is 1.47 bits per heavy atom. The van der Waals surface area contributed by atoms with Crippen LogP contribution < -0.4 is 5.73 Å². The molecule has 0 aromatic carbocycles. The summed E-state index contributed by atoms with van der Waals surface area (Å²) in [5.74, 6) is 0. The highest BCUT2D eigenvalue weighted by Crippen LogP contribution is 2.08. The van der Waals surface area contributed by atoms with Gasteiger partial charge in [0.2, 0.25) is 0 Å². The highest BCUT2D eigenvalue weighted by Gasteiger charge is 1.89. The maximum Gasteiger partial charge on any atom is 0.0241 e. The van der Waals surface area contributed by atoms with Crippen LogP contribution in [0.4, 0.5) is 0 Å². The lowest BCUT2D eigenvalue weighted by Crippen LogP contribution is -1.89. The molecule has 0 aliphatic carbocycles. The molecule has 0 unspecified atom stereocenters. The molecule has 1 nitrogen and oxygen atoms in total. The number of allylic oxidation sites excluding steroid dienone is 7. The van der Waals surface area contributed by atoms with E-state index in [1.807, 2.05) is 19.9 Å². The first-order valence-electron chi connectivity index (χ1n) is 4.87. The highest BCUT2D eigenvalue weighted by molar-refractivity contribution is 5.44. The summed E-state index contributed by atoms with van der Waals surface area (Å²) < 4.78 is 0. The van der Waals surface area contributed by atoms with E-state index in [0.717, 1.165) is 11.1 Å². The summed E-state index contributed by atoms with van der Waals surface area (Å²) in [4.78, 5) is 0. The number of rotatable bonds is 5. The first-order chi connectivity index (χ1) is 7.07. The van der Waals surface area contributed by atoms with Crippen LogP contribution in [-0.2, 0) is 0 Å².